The Labute approximate surface area is 203 Å². The maximum absolute atomic E-state index is 13.1. The SMILES string of the molecule is CN(C)C(=O)c1c(NC(=O)c2ccc(-c3cn[nH]c3)s2)[nH]c2cc3[nH]c(=O)n(CC(F)(F)F)c3cc12. The molecule has 0 atom stereocenters. The van der Waals surface area contributed by atoms with E-state index in [1.54, 1.807) is 24.5 Å². The van der Waals surface area contributed by atoms with Gasteiger partial charge in [0.1, 0.15) is 12.4 Å². The first kappa shape index (κ1) is 23.4. The van der Waals surface area contributed by atoms with Gasteiger partial charge < -0.3 is 20.2 Å². The Morgan fingerprint density at radius 1 is 1.17 bits per heavy atom. The number of imidazole rings is 1. The number of carbonyl (C=O) groups is 2. The summed E-state index contributed by atoms with van der Waals surface area (Å²) in [6, 6.07) is 6.17. The number of aromatic nitrogens is 5. The van der Waals surface area contributed by atoms with Crippen LogP contribution in [-0.2, 0) is 6.54 Å². The van der Waals surface area contributed by atoms with E-state index in [1.165, 1.54) is 42.5 Å². The molecule has 0 aliphatic rings. The van der Waals surface area contributed by atoms with Crippen LogP contribution in [0, 0.1) is 0 Å². The number of alkyl halides is 3. The quantitative estimate of drug-likeness (QED) is 0.283. The van der Waals surface area contributed by atoms with Crippen LogP contribution in [0.15, 0.2) is 41.5 Å². The maximum Gasteiger partial charge on any atom is 0.406 e. The zero-order chi connectivity index (χ0) is 25.8. The Kier molecular flexibility index (Phi) is 5.47. The van der Waals surface area contributed by atoms with Crippen LogP contribution in [0.5, 0.6) is 0 Å². The Bertz CT molecular complexity index is 1670. The van der Waals surface area contributed by atoms with Gasteiger partial charge in [0.25, 0.3) is 11.8 Å². The highest BCUT2D eigenvalue weighted by atomic mass is 32.1. The molecule has 0 saturated carbocycles. The molecule has 2 amide bonds. The number of carbonyl (C=O) groups excluding carboxylic acids is 2. The molecule has 0 aliphatic carbocycles. The minimum absolute atomic E-state index is 0.0162. The molecule has 0 radical (unpaired) electrons. The predicted molar refractivity (Wildman–Crippen MR) is 128 cm³/mol. The first-order chi connectivity index (χ1) is 17.0. The second kappa shape index (κ2) is 8.41. The summed E-state index contributed by atoms with van der Waals surface area (Å²) in [5.41, 5.74) is 0.446. The molecule has 4 aromatic heterocycles. The Hall–Kier alpha value is -4.33. The molecule has 4 N–H and O–H groups in total. The predicted octanol–water partition coefficient (Wildman–Crippen LogP) is 3.78. The summed E-state index contributed by atoms with van der Waals surface area (Å²) in [5, 5.41) is 9.56. The van der Waals surface area contributed by atoms with Gasteiger partial charge >= 0.3 is 11.9 Å². The number of nitrogens with zero attached hydrogens (tertiary/aromatic N) is 3. The molecule has 0 aliphatic heterocycles. The van der Waals surface area contributed by atoms with Crippen molar-refractivity contribution in [2.45, 2.75) is 12.7 Å². The number of H-pyrrole nitrogens is 3. The van der Waals surface area contributed by atoms with E-state index >= 15 is 0 Å². The van der Waals surface area contributed by atoms with Crippen molar-refractivity contribution in [2.24, 2.45) is 0 Å². The fourth-order valence-corrected chi connectivity index (χ4v) is 4.78. The molecule has 186 valence electrons. The molecular weight excluding hydrogens is 499 g/mol. The van der Waals surface area contributed by atoms with Crippen LogP contribution >= 0.6 is 11.3 Å². The van der Waals surface area contributed by atoms with Crippen LogP contribution < -0.4 is 11.0 Å². The highest BCUT2D eigenvalue weighted by Crippen LogP contribution is 2.33. The average Bonchev–Trinajstić information content (AvgIpc) is 3.57. The van der Waals surface area contributed by atoms with Gasteiger partial charge in [0, 0.05) is 36.1 Å². The third kappa shape index (κ3) is 4.15. The zero-order valence-corrected chi connectivity index (χ0v) is 19.6. The van der Waals surface area contributed by atoms with Crippen molar-refractivity contribution in [3.63, 3.8) is 0 Å². The lowest BCUT2D eigenvalue weighted by atomic mass is 10.1. The number of fused-ring (bicyclic) bond motifs is 2. The lowest BCUT2D eigenvalue weighted by Crippen LogP contribution is -2.26. The lowest BCUT2D eigenvalue weighted by molar-refractivity contribution is -0.140. The minimum Gasteiger partial charge on any atom is -0.345 e. The van der Waals surface area contributed by atoms with E-state index in [1.807, 2.05) is 0 Å². The van der Waals surface area contributed by atoms with Crippen molar-refractivity contribution in [1.29, 1.82) is 0 Å². The van der Waals surface area contributed by atoms with Gasteiger partial charge in [-0.05, 0) is 24.3 Å². The van der Waals surface area contributed by atoms with Crippen molar-refractivity contribution in [1.82, 2.24) is 29.6 Å². The summed E-state index contributed by atoms with van der Waals surface area (Å²) in [6.07, 6.45) is -1.30. The van der Waals surface area contributed by atoms with Crippen molar-refractivity contribution >= 4 is 50.9 Å². The number of halogens is 3. The molecule has 5 aromatic rings. The first-order valence-corrected chi connectivity index (χ1v) is 11.3. The molecule has 10 nitrogen and oxygen atoms in total. The van der Waals surface area contributed by atoms with E-state index in [0.29, 0.717) is 15.0 Å². The summed E-state index contributed by atoms with van der Waals surface area (Å²) in [5.74, 6) is -0.876. The normalized spacial score (nSPS) is 11.9. The lowest BCUT2D eigenvalue weighted by Gasteiger charge is -2.12. The molecule has 14 heteroatoms. The summed E-state index contributed by atoms with van der Waals surface area (Å²) < 4.78 is 39.7. The van der Waals surface area contributed by atoms with Gasteiger partial charge in [0.2, 0.25) is 0 Å². The van der Waals surface area contributed by atoms with E-state index in [4.69, 9.17) is 0 Å². The standard InChI is InChI=1S/C22H18F3N7O3S/c1-31(2)20(34)17-11-5-14-13(29-21(35)32(14)9-22(23,24)25)6-12(11)28-18(17)30-19(33)16-4-3-15(36-16)10-7-26-27-8-10/h3-8,28H,9H2,1-2H3,(H,26,27)(H,29,35)(H,30,33). The molecule has 0 spiro atoms. The number of rotatable bonds is 5. The number of nitrogens with one attached hydrogen (secondary N) is 4. The fraction of sp³-hybridized carbons (Fsp3) is 0.182. The maximum atomic E-state index is 13.1. The van der Waals surface area contributed by atoms with Gasteiger partial charge in [-0.1, -0.05) is 0 Å². The third-order valence-corrected chi connectivity index (χ3v) is 6.63. The number of thiophene rings is 1. The summed E-state index contributed by atoms with van der Waals surface area (Å²) >= 11 is 1.23. The van der Waals surface area contributed by atoms with Crippen LogP contribution in [0.3, 0.4) is 0 Å². The van der Waals surface area contributed by atoms with Crippen molar-refractivity contribution in [2.75, 3.05) is 19.4 Å². The number of benzene rings is 1. The second-order valence-corrected chi connectivity index (χ2v) is 9.31. The molecule has 1 aromatic carbocycles. The van der Waals surface area contributed by atoms with E-state index in [-0.39, 0.29) is 27.8 Å². The fourth-order valence-electron chi connectivity index (χ4n) is 3.90. The molecule has 5 rings (SSSR count). The molecule has 36 heavy (non-hydrogen) atoms. The molecule has 0 bridgehead atoms. The number of hydrogen-bond acceptors (Lipinski definition) is 5. The molecule has 0 unspecified atom stereocenters. The monoisotopic (exact) mass is 517 g/mol. The van der Waals surface area contributed by atoms with Gasteiger partial charge in [0.05, 0.1) is 33.2 Å². The molecule has 4 heterocycles. The molecular formula is C22H18F3N7O3S. The number of aromatic amines is 3. The summed E-state index contributed by atoms with van der Waals surface area (Å²) in [6.45, 7) is -1.49. The zero-order valence-electron chi connectivity index (χ0n) is 18.8. The highest BCUT2D eigenvalue weighted by Gasteiger charge is 2.30. The summed E-state index contributed by atoms with van der Waals surface area (Å²) in [7, 11) is 3.02. The van der Waals surface area contributed by atoms with Gasteiger partial charge in [-0.15, -0.1) is 11.3 Å². The van der Waals surface area contributed by atoms with Gasteiger partial charge in [-0.2, -0.15) is 18.3 Å². The van der Waals surface area contributed by atoms with Crippen molar-refractivity contribution in [3.8, 4) is 10.4 Å². The molecule has 0 saturated heterocycles. The van der Waals surface area contributed by atoms with E-state index in [2.05, 4.69) is 25.5 Å². The molecule has 0 fully saturated rings. The van der Waals surface area contributed by atoms with Crippen LogP contribution in [0.25, 0.3) is 32.4 Å². The van der Waals surface area contributed by atoms with Crippen molar-refractivity contribution < 1.29 is 22.8 Å². The van der Waals surface area contributed by atoms with Crippen LogP contribution in [-0.4, -0.2) is 61.7 Å². The van der Waals surface area contributed by atoms with Crippen LogP contribution in [0.2, 0.25) is 0 Å². The second-order valence-electron chi connectivity index (χ2n) is 8.23. The van der Waals surface area contributed by atoms with E-state index in [9.17, 15) is 27.6 Å². The number of anilines is 1. The van der Waals surface area contributed by atoms with E-state index in [0.717, 1.165) is 10.4 Å². The third-order valence-electron chi connectivity index (χ3n) is 5.50. The average molecular weight is 517 g/mol. The Balaban J connectivity index is 1.59. The first-order valence-electron chi connectivity index (χ1n) is 10.5. The smallest absolute Gasteiger partial charge is 0.345 e. The minimum atomic E-state index is -4.62. The topological polar surface area (TPSA) is 132 Å². The van der Waals surface area contributed by atoms with Gasteiger partial charge in [0.15, 0.2) is 0 Å². The van der Waals surface area contributed by atoms with E-state index < -0.39 is 30.2 Å². The largest absolute Gasteiger partial charge is 0.406 e. The van der Waals surface area contributed by atoms with Crippen molar-refractivity contribution in [3.05, 3.63) is 57.6 Å². The van der Waals surface area contributed by atoms with Crippen LogP contribution in [0.4, 0.5) is 19.0 Å². The number of hydrogen-bond donors (Lipinski definition) is 4. The van der Waals surface area contributed by atoms with Gasteiger partial charge in [-0.25, -0.2) is 4.79 Å². The Morgan fingerprint density at radius 3 is 2.61 bits per heavy atom. The van der Waals surface area contributed by atoms with Gasteiger partial charge in [-0.3, -0.25) is 19.3 Å². The van der Waals surface area contributed by atoms with Crippen LogP contribution in [0.1, 0.15) is 20.0 Å². The highest BCUT2D eigenvalue weighted by molar-refractivity contribution is 7.17. The number of amides is 2. The Morgan fingerprint density at radius 2 is 1.94 bits per heavy atom. The summed E-state index contributed by atoms with van der Waals surface area (Å²) in [4.78, 5) is 46.1.